The fourth-order valence-corrected chi connectivity index (χ4v) is 2.09. The number of fused-ring (bicyclic) bond motifs is 1. The third-order valence-electron chi connectivity index (χ3n) is 2.62. The largest absolute Gasteiger partial charge is 0.393 e. The summed E-state index contributed by atoms with van der Waals surface area (Å²) in [5.41, 5.74) is 0. The Kier molecular flexibility index (Phi) is 0.974. The van der Waals surface area contributed by atoms with Crippen LogP contribution in [0.2, 0.25) is 0 Å². The molecule has 1 nitrogen and oxygen atoms in total. The van der Waals surface area contributed by atoms with Gasteiger partial charge in [0.1, 0.15) is 0 Å². The number of allylic oxidation sites excluding steroid dienone is 2. The highest BCUT2D eigenvalue weighted by Gasteiger charge is 2.52. The topological polar surface area (TPSA) is 20.2 Å². The molecular formula is C8H12O. The van der Waals surface area contributed by atoms with E-state index in [1.54, 1.807) is 0 Å². The second kappa shape index (κ2) is 1.60. The van der Waals surface area contributed by atoms with Crippen LogP contribution in [0.4, 0.5) is 0 Å². The highest BCUT2D eigenvalue weighted by atomic mass is 16.3. The second-order valence-corrected chi connectivity index (χ2v) is 3.22. The van der Waals surface area contributed by atoms with Crippen molar-refractivity contribution in [2.24, 2.45) is 17.8 Å². The SMILES string of the molecule is CC(O)[C@@H]1[C@@H]2C=CC[C@@H]21. The van der Waals surface area contributed by atoms with Gasteiger partial charge in [-0.1, -0.05) is 12.2 Å². The lowest BCUT2D eigenvalue weighted by Crippen LogP contribution is -2.05. The minimum Gasteiger partial charge on any atom is -0.393 e. The smallest absolute Gasteiger partial charge is 0.0548 e. The van der Waals surface area contributed by atoms with Crippen LogP contribution in [0, 0.1) is 17.8 Å². The summed E-state index contributed by atoms with van der Waals surface area (Å²) in [6.07, 6.45) is 5.61. The Balaban J connectivity index is 2.02. The average Bonchev–Trinajstić information content (AvgIpc) is 2.30. The molecule has 0 bridgehead atoms. The molecule has 2 rings (SSSR count). The van der Waals surface area contributed by atoms with Crippen molar-refractivity contribution in [3.8, 4) is 0 Å². The predicted octanol–water partition coefficient (Wildman–Crippen LogP) is 1.19. The Morgan fingerprint density at radius 3 is 2.78 bits per heavy atom. The molecule has 1 saturated carbocycles. The van der Waals surface area contributed by atoms with Crippen LogP contribution in [0.15, 0.2) is 12.2 Å². The summed E-state index contributed by atoms with van der Waals surface area (Å²) in [5, 5.41) is 9.16. The molecule has 1 N–H and O–H groups in total. The van der Waals surface area contributed by atoms with Gasteiger partial charge >= 0.3 is 0 Å². The summed E-state index contributed by atoms with van der Waals surface area (Å²) in [7, 11) is 0. The normalized spacial score (nSPS) is 48.9. The predicted molar refractivity (Wildman–Crippen MR) is 35.9 cm³/mol. The van der Waals surface area contributed by atoms with Gasteiger partial charge in [-0.3, -0.25) is 0 Å². The van der Waals surface area contributed by atoms with E-state index in [2.05, 4.69) is 12.2 Å². The maximum Gasteiger partial charge on any atom is 0.0548 e. The third-order valence-corrected chi connectivity index (χ3v) is 2.62. The lowest BCUT2D eigenvalue weighted by atomic mass is 10.1. The Morgan fingerprint density at radius 1 is 1.67 bits per heavy atom. The molecule has 1 heteroatoms. The van der Waals surface area contributed by atoms with Gasteiger partial charge in [0.15, 0.2) is 0 Å². The molecule has 0 saturated heterocycles. The Labute approximate surface area is 55.4 Å². The second-order valence-electron chi connectivity index (χ2n) is 3.22. The van der Waals surface area contributed by atoms with E-state index in [0.717, 1.165) is 11.8 Å². The molecule has 0 aromatic heterocycles. The van der Waals surface area contributed by atoms with Crippen LogP contribution in [-0.4, -0.2) is 11.2 Å². The van der Waals surface area contributed by atoms with E-state index >= 15 is 0 Å². The molecule has 0 heterocycles. The molecule has 2 aliphatic rings. The van der Waals surface area contributed by atoms with Gasteiger partial charge in [0.25, 0.3) is 0 Å². The van der Waals surface area contributed by atoms with Gasteiger partial charge in [0.05, 0.1) is 6.10 Å². The van der Waals surface area contributed by atoms with Gasteiger partial charge in [0.2, 0.25) is 0 Å². The highest BCUT2D eigenvalue weighted by molar-refractivity contribution is 5.17. The van der Waals surface area contributed by atoms with Crippen LogP contribution in [0.5, 0.6) is 0 Å². The number of aliphatic hydroxyl groups is 1. The van der Waals surface area contributed by atoms with Gasteiger partial charge in [0, 0.05) is 0 Å². The molecule has 50 valence electrons. The Morgan fingerprint density at radius 2 is 2.44 bits per heavy atom. The third kappa shape index (κ3) is 0.645. The molecular weight excluding hydrogens is 112 g/mol. The number of hydrogen-bond donors (Lipinski definition) is 1. The van der Waals surface area contributed by atoms with Gasteiger partial charge in [-0.05, 0) is 31.1 Å². The molecule has 1 fully saturated rings. The first-order valence-corrected chi connectivity index (χ1v) is 3.65. The maximum absolute atomic E-state index is 9.16. The fourth-order valence-electron chi connectivity index (χ4n) is 2.09. The van der Waals surface area contributed by atoms with Crippen molar-refractivity contribution in [1.82, 2.24) is 0 Å². The van der Waals surface area contributed by atoms with E-state index in [-0.39, 0.29) is 6.10 Å². The summed E-state index contributed by atoms with van der Waals surface area (Å²) in [5.74, 6) is 2.16. The lowest BCUT2D eigenvalue weighted by Gasteiger charge is -2.01. The van der Waals surface area contributed by atoms with Crippen LogP contribution < -0.4 is 0 Å². The van der Waals surface area contributed by atoms with E-state index in [0.29, 0.717) is 5.92 Å². The van der Waals surface area contributed by atoms with E-state index in [1.807, 2.05) is 6.92 Å². The zero-order valence-electron chi connectivity index (χ0n) is 5.62. The first kappa shape index (κ1) is 5.48. The quantitative estimate of drug-likeness (QED) is 0.520. The molecule has 0 aliphatic heterocycles. The van der Waals surface area contributed by atoms with Crippen molar-refractivity contribution in [3.63, 3.8) is 0 Å². The van der Waals surface area contributed by atoms with Crippen LogP contribution >= 0.6 is 0 Å². The molecule has 9 heavy (non-hydrogen) atoms. The van der Waals surface area contributed by atoms with Crippen molar-refractivity contribution in [1.29, 1.82) is 0 Å². The molecule has 0 spiro atoms. The lowest BCUT2D eigenvalue weighted by molar-refractivity contribution is 0.161. The van der Waals surface area contributed by atoms with Gasteiger partial charge in [-0.15, -0.1) is 0 Å². The standard InChI is InChI=1S/C8H12O/c1-5(9)8-6-3-2-4-7(6)8/h2-3,5-9H,4H2,1H3/t5?,6-,7+,8-/m1/s1. The zero-order valence-corrected chi connectivity index (χ0v) is 5.62. The molecule has 4 atom stereocenters. The van der Waals surface area contributed by atoms with Crippen LogP contribution in [0.25, 0.3) is 0 Å². The van der Waals surface area contributed by atoms with Crippen molar-refractivity contribution >= 4 is 0 Å². The minimum atomic E-state index is -0.0788. The average molecular weight is 124 g/mol. The zero-order chi connectivity index (χ0) is 6.43. The van der Waals surface area contributed by atoms with E-state index in [9.17, 15) is 0 Å². The Hall–Kier alpha value is -0.300. The Bertz CT molecular complexity index is 149. The summed E-state index contributed by atoms with van der Waals surface area (Å²) < 4.78 is 0. The van der Waals surface area contributed by atoms with Gasteiger partial charge in [-0.2, -0.15) is 0 Å². The van der Waals surface area contributed by atoms with Gasteiger partial charge < -0.3 is 5.11 Å². The first-order valence-electron chi connectivity index (χ1n) is 3.65. The first-order chi connectivity index (χ1) is 4.30. The molecule has 0 amide bonds. The summed E-state index contributed by atoms with van der Waals surface area (Å²) in [6.45, 7) is 1.90. The maximum atomic E-state index is 9.16. The molecule has 0 aromatic carbocycles. The fraction of sp³-hybridized carbons (Fsp3) is 0.750. The molecule has 0 radical (unpaired) electrons. The summed E-state index contributed by atoms with van der Waals surface area (Å²) in [4.78, 5) is 0. The van der Waals surface area contributed by atoms with Crippen LogP contribution in [0.1, 0.15) is 13.3 Å². The summed E-state index contributed by atoms with van der Waals surface area (Å²) in [6, 6.07) is 0. The molecule has 1 unspecified atom stereocenters. The molecule has 0 aromatic rings. The van der Waals surface area contributed by atoms with Crippen molar-refractivity contribution < 1.29 is 5.11 Å². The van der Waals surface area contributed by atoms with E-state index in [4.69, 9.17) is 5.11 Å². The summed E-state index contributed by atoms with van der Waals surface area (Å²) >= 11 is 0. The van der Waals surface area contributed by atoms with Gasteiger partial charge in [-0.25, -0.2) is 0 Å². The van der Waals surface area contributed by atoms with Crippen molar-refractivity contribution in [2.75, 3.05) is 0 Å². The van der Waals surface area contributed by atoms with Crippen molar-refractivity contribution in [3.05, 3.63) is 12.2 Å². The van der Waals surface area contributed by atoms with E-state index in [1.165, 1.54) is 6.42 Å². The number of rotatable bonds is 1. The van der Waals surface area contributed by atoms with E-state index < -0.39 is 0 Å². The monoisotopic (exact) mass is 124 g/mol. The van der Waals surface area contributed by atoms with Crippen molar-refractivity contribution in [2.45, 2.75) is 19.4 Å². The van der Waals surface area contributed by atoms with Crippen LogP contribution in [-0.2, 0) is 0 Å². The van der Waals surface area contributed by atoms with Crippen LogP contribution in [0.3, 0.4) is 0 Å². The molecule has 2 aliphatic carbocycles. The number of hydrogen-bond acceptors (Lipinski definition) is 1. The highest BCUT2D eigenvalue weighted by Crippen LogP contribution is 2.55. The minimum absolute atomic E-state index is 0.0788. The number of aliphatic hydroxyl groups excluding tert-OH is 1.